The van der Waals surface area contributed by atoms with Crippen molar-refractivity contribution in [2.75, 3.05) is 4.90 Å². The third-order valence-corrected chi connectivity index (χ3v) is 3.57. The van der Waals surface area contributed by atoms with E-state index in [1.165, 1.54) is 16.7 Å². The molecule has 0 saturated carbocycles. The van der Waals surface area contributed by atoms with Gasteiger partial charge in [-0.25, -0.2) is 0 Å². The van der Waals surface area contributed by atoms with Crippen LogP contribution in [-0.4, -0.2) is 11.5 Å². The van der Waals surface area contributed by atoms with Crippen LogP contribution >= 0.6 is 0 Å². The molecule has 0 bridgehead atoms. The molecule has 0 aromatic heterocycles. The quantitative estimate of drug-likeness (QED) is 0.871. The van der Waals surface area contributed by atoms with Gasteiger partial charge in [0.05, 0.1) is 5.69 Å². The van der Waals surface area contributed by atoms with Crippen LogP contribution in [0.4, 0.5) is 5.69 Å². The highest BCUT2D eigenvalue weighted by Crippen LogP contribution is 2.30. The Morgan fingerprint density at radius 1 is 1.21 bits per heavy atom. The zero-order valence-electron chi connectivity index (χ0n) is 12.3. The van der Waals surface area contributed by atoms with Crippen molar-refractivity contribution < 1.29 is 5.11 Å². The number of unbranched alkanes of at least 4 members (excludes halogenated alkanes) is 1. The van der Waals surface area contributed by atoms with Crippen molar-refractivity contribution in [2.45, 2.75) is 53.3 Å². The molecule has 3 heteroatoms. The maximum Gasteiger partial charge on any atom is 0.209 e. The Labute approximate surface area is 115 Å². The minimum Gasteiger partial charge on any atom is -0.356 e. The van der Waals surface area contributed by atoms with Gasteiger partial charge in [-0.05, 0) is 44.7 Å². The fourth-order valence-corrected chi connectivity index (χ4v) is 2.78. The number of hydrogen-bond donors (Lipinski definition) is 2. The summed E-state index contributed by atoms with van der Waals surface area (Å²) in [6.45, 7) is 8.47. The Kier molecular flexibility index (Phi) is 4.15. The molecule has 3 nitrogen and oxygen atoms in total. The fourth-order valence-electron chi connectivity index (χ4n) is 2.78. The minimum atomic E-state index is -0.646. The van der Waals surface area contributed by atoms with Crippen molar-refractivity contribution in [3.63, 3.8) is 0 Å². The van der Waals surface area contributed by atoms with E-state index in [0.29, 0.717) is 0 Å². The zero-order valence-corrected chi connectivity index (χ0v) is 12.3. The van der Waals surface area contributed by atoms with E-state index in [2.05, 4.69) is 45.1 Å². The van der Waals surface area contributed by atoms with Gasteiger partial charge in [-0.15, -0.1) is 0 Å². The van der Waals surface area contributed by atoms with E-state index < -0.39 is 6.35 Å². The fraction of sp³-hybridized carbons (Fsp3) is 0.500. The molecule has 1 unspecified atom stereocenters. The molecule has 1 aliphatic heterocycles. The first-order valence-electron chi connectivity index (χ1n) is 7.04. The van der Waals surface area contributed by atoms with Crippen LogP contribution in [0.2, 0.25) is 0 Å². The number of benzene rings is 1. The number of nitrogens with zero attached hydrogens (tertiary/aromatic N) is 1. The Morgan fingerprint density at radius 2 is 1.84 bits per heavy atom. The van der Waals surface area contributed by atoms with Gasteiger partial charge in [0.1, 0.15) is 0 Å². The molecule has 2 N–H and O–H groups in total. The van der Waals surface area contributed by atoms with Crippen LogP contribution in [-0.2, 0) is 0 Å². The smallest absolute Gasteiger partial charge is 0.209 e. The first kappa shape index (κ1) is 13.9. The second kappa shape index (κ2) is 5.66. The van der Waals surface area contributed by atoms with Gasteiger partial charge in [0, 0.05) is 11.9 Å². The van der Waals surface area contributed by atoms with Gasteiger partial charge in [-0.2, -0.15) is 0 Å². The van der Waals surface area contributed by atoms with Crippen LogP contribution in [0.1, 0.15) is 42.9 Å². The summed E-state index contributed by atoms with van der Waals surface area (Å²) in [6.07, 6.45) is 4.70. The van der Waals surface area contributed by atoms with E-state index in [1.54, 1.807) is 0 Å². The topological polar surface area (TPSA) is 35.5 Å². The molecule has 104 valence electrons. The lowest BCUT2D eigenvalue weighted by Crippen LogP contribution is -2.36. The predicted octanol–water partition coefficient (Wildman–Crippen LogP) is 3.33. The molecular weight excluding hydrogens is 236 g/mol. The van der Waals surface area contributed by atoms with Gasteiger partial charge < -0.3 is 15.3 Å². The first-order valence-corrected chi connectivity index (χ1v) is 7.04. The molecule has 1 aromatic rings. The summed E-state index contributed by atoms with van der Waals surface area (Å²) in [5.74, 6) is 0. The van der Waals surface area contributed by atoms with Crippen LogP contribution in [0.5, 0.6) is 0 Å². The van der Waals surface area contributed by atoms with E-state index in [0.717, 1.165) is 30.6 Å². The van der Waals surface area contributed by atoms with E-state index >= 15 is 0 Å². The molecule has 0 aliphatic carbocycles. The summed E-state index contributed by atoms with van der Waals surface area (Å²) in [7, 11) is 0. The van der Waals surface area contributed by atoms with E-state index in [-0.39, 0.29) is 0 Å². The van der Waals surface area contributed by atoms with E-state index in [9.17, 15) is 5.11 Å². The van der Waals surface area contributed by atoms with Crippen molar-refractivity contribution in [3.8, 4) is 0 Å². The molecule has 0 radical (unpaired) electrons. The average molecular weight is 260 g/mol. The third kappa shape index (κ3) is 2.92. The molecule has 0 fully saturated rings. The maximum atomic E-state index is 10.2. The van der Waals surface area contributed by atoms with Crippen LogP contribution < -0.4 is 10.2 Å². The van der Waals surface area contributed by atoms with E-state index in [1.807, 2.05) is 11.1 Å². The highest BCUT2D eigenvalue weighted by atomic mass is 16.3. The molecular formula is C16H24N2O. The first-order chi connectivity index (χ1) is 9.02. The Hall–Kier alpha value is -1.48. The van der Waals surface area contributed by atoms with Gasteiger partial charge in [0.15, 0.2) is 0 Å². The van der Waals surface area contributed by atoms with Crippen LogP contribution in [0, 0.1) is 20.8 Å². The second-order valence-electron chi connectivity index (χ2n) is 5.43. The minimum absolute atomic E-state index is 0.646. The number of nitrogens with one attached hydrogen (secondary N) is 1. The molecule has 0 saturated heterocycles. The zero-order chi connectivity index (χ0) is 14.0. The average Bonchev–Trinajstić information content (AvgIpc) is 2.67. The SMILES string of the molecule is CCCCC1=CN(c2c(C)cc(C)cc2C)C(O)N1. The lowest BCUT2D eigenvalue weighted by Gasteiger charge is -2.25. The highest BCUT2D eigenvalue weighted by Gasteiger charge is 2.24. The Bertz CT molecular complexity index is 471. The molecule has 1 aliphatic rings. The summed E-state index contributed by atoms with van der Waals surface area (Å²) in [6, 6.07) is 4.32. The number of allylic oxidation sites excluding steroid dienone is 1. The number of aliphatic hydroxyl groups excluding tert-OH is 1. The molecule has 0 amide bonds. The highest BCUT2D eigenvalue weighted by molar-refractivity contribution is 5.63. The molecule has 0 spiro atoms. The lowest BCUT2D eigenvalue weighted by atomic mass is 10.0. The van der Waals surface area contributed by atoms with Crippen molar-refractivity contribution in [3.05, 3.63) is 40.7 Å². The Morgan fingerprint density at radius 3 is 2.42 bits per heavy atom. The predicted molar refractivity (Wildman–Crippen MR) is 79.9 cm³/mol. The van der Waals surface area contributed by atoms with Crippen molar-refractivity contribution in [2.24, 2.45) is 0 Å². The van der Waals surface area contributed by atoms with Gasteiger partial charge >= 0.3 is 0 Å². The van der Waals surface area contributed by atoms with Crippen LogP contribution in [0.3, 0.4) is 0 Å². The molecule has 19 heavy (non-hydrogen) atoms. The van der Waals surface area contributed by atoms with Gasteiger partial charge in [-0.1, -0.05) is 31.0 Å². The summed E-state index contributed by atoms with van der Waals surface area (Å²) < 4.78 is 0. The summed E-state index contributed by atoms with van der Waals surface area (Å²) in [5, 5.41) is 13.3. The monoisotopic (exact) mass is 260 g/mol. The Balaban J connectivity index is 2.29. The summed E-state index contributed by atoms with van der Waals surface area (Å²) >= 11 is 0. The van der Waals surface area contributed by atoms with Crippen LogP contribution in [0.25, 0.3) is 0 Å². The lowest BCUT2D eigenvalue weighted by molar-refractivity contribution is 0.164. The summed E-state index contributed by atoms with van der Waals surface area (Å²) in [4.78, 5) is 1.94. The van der Waals surface area contributed by atoms with Crippen LogP contribution in [0.15, 0.2) is 24.0 Å². The van der Waals surface area contributed by atoms with Gasteiger partial charge in [0.25, 0.3) is 0 Å². The molecule has 1 aromatic carbocycles. The number of anilines is 1. The normalized spacial score (nSPS) is 18.5. The standard InChI is InChI=1S/C16H24N2O/c1-5-6-7-14-10-18(16(19)17-14)15-12(3)8-11(2)9-13(15)4/h8-10,16-17,19H,5-7H2,1-4H3. The summed E-state index contributed by atoms with van der Waals surface area (Å²) in [5.41, 5.74) is 5.89. The molecule has 1 heterocycles. The maximum absolute atomic E-state index is 10.2. The van der Waals surface area contributed by atoms with Gasteiger partial charge in [0.2, 0.25) is 6.35 Å². The van der Waals surface area contributed by atoms with E-state index in [4.69, 9.17) is 0 Å². The third-order valence-electron chi connectivity index (χ3n) is 3.57. The van der Waals surface area contributed by atoms with Gasteiger partial charge in [-0.3, -0.25) is 0 Å². The van der Waals surface area contributed by atoms with Crippen molar-refractivity contribution in [1.29, 1.82) is 0 Å². The second-order valence-corrected chi connectivity index (χ2v) is 5.43. The largest absolute Gasteiger partial charge is 0.356 e. The van der Waals surface area contributed by atoms with Crippen molar-refractivity contribution in [1.82, 2.24) is 5.32 Å². The molecule has 2 rings (SSSR count). The molecule has 1 atom stereocenters. The van der Waals surface area contributed by atoms with Crippen molar-refractivity contribution >= 4 is 5.69 Å². The number of aryl methyl sites for hydroxylation is 3. The number of hydrogen-bond acceptors (Lipinski definition) is 3. The number of rotatable bonds is 4. The number of aliphatic hydroxyl groups is 1.